The molecule has 9 nitrogen and oxygen atoms in total. The molecule has 17 heteroatoms. The number of pyridine rings is 1. The predicted molar refractivity (Wildman–Crippen MR) is 203 cm³/mol. The normalized spacial score (nSPS) is 12.5. The summed E-state index contributed by atoms with van der Waals surface area (Å²) in [5.41, 5.74) is -8.29. The Bertz CT molecular complexity index is 1620. The summed E-state index contributed by atoms with van der Waals surface area (Å²) in [5, 5.41) is 3.01. The van der Waals surface area contributed by atoms with Crippen LogP contribution >= 0.6 is 0 Å². The number of rotatable bonds is 23. The number of allylic oxidation sites excluding steroid dienone is 1. The van der Waals surface area contributed by atoms with Crippen LogP contribution in [0.1, 0.15) is 134 Å². The Morgan fingerprint density at radius 2 is 1.25 bits per heavy atom. The fraction of sp³-hybridized carbons (Fsp3) is 0.632. The first-order chi connectivity index (χ1) is 25.5. The molecule has 0 saturated carbocycles. The maximum atomic E-state index is 12.3. The van der Waals surface area contributed by atoms with Crippen molar-refractivity contribution in [1.29, 1.82) is 0 Å². The third-order valence-electron chi connectivity index (χ3n) is 8.60. The molecular weight excluding hydrogens is 773 g/mol. The van der Waals surface area contributed by atoms with Gasteiger partial charge in [0.1, 0.15) is 6.54 Å². The van der Waals surface area contributed by atoms with E-state index in [1.54, 1.807) is 0 Å². The maximum Gasteiger partial charge on any atom is 0.480 e. The van der Waals surface area contributed by atoms with E-state index in [4.69, 9.17) is 4.74 Å². The lowest BCUT2D eigenvalue weighted by molar-refractivity contribution is -0.697. The number of ether oxygens (including phenoxy) is 1. The number of amides is 1. The molecule has 55 heavy (non-hydrogen) atoms. The summed E-state index contributed by atoms with van der Waals surface area (Å²) in [6, 6.07) is 12.8. The minimum Gasteiger partial charge on any atom is -0.450 e. The van der Waals surface area contributed by atoms with E-state index >= 15 is 0 Å². The van der Waals surface area contributed by atoms with Gasteiger partial charge in [-0.25, -0.2) is 26.2 Å². The number of alkyl halides is 6. The second kappa shape index (κ2) is 23.8. The van der Waals surface area contributed by atoms with Gasteiger partial charge < -0.3 is 14.2 Å². The highest BCUT2D eigenvalue weighted by atomic mass is 32.3. The number of benzene rings is 1. The van der Waals surface area contributed by atoms with Gasteiger partial charge in [0.2, 0.25) is 0 Å². The van der Waals surface area contributed by atoms with Crippen LogP contribution in [0, 0.1) is 0 Å². The fourth-order valence-corrected chi connectivity index (χ4v) is 7.00. The minimum absolute atomic E-state index is 0.351. The van der Waals surface area contributed by atoms with E-state index in [-0.39, 0.29) is 6.09 Å². The first-order valence-corrected chi connectivity index (χ1v) is 21.5. The molecule has 0 radical (unpaired) electrons. The van der Waals surface area contributed by atoms with Crippen molar-refractivity contribution in [3.63, 3.8) is 0 Å². The topological polar surface area (TPSA) is 125 Å². The Kier molecular flexibility index (Phi) is 21.6. The van der Waals surface area contributed by atoms with Crippen molar-refractivity contribution in [2.45, 2.75) is 147 Å². The molecule has 314 valence electrons. The third-order valence-corrected chi connectivity index (χ3v) is 11.3. The Morgan fingerprint density at radius 3 is 1.76 bits per heavy atom. The van der Waals surface area contributed by atoms with Gasteiger partial charge in [0, 0.05) is 18.6 Å². The van der Waals surface area contributed by atoms with Gasteiger partial charge in [0.05, 0.1) is 12.1 Å². The van der Waals surface area contributed by atoms with Crippen molar-refractivity contribution in [2.24, 2.45) is 0 Å². The largest absolute Gasteiger partial charge is 0.480 e. The molecule has 0 atom stereocenters. The first-order valence-electron chi connectivity index (χ1n) is 18.6. The number of aryl methyl sites for hydroxylation is 2. The van der Waals surface area contributed by atoms with Crippen LogP contribution in [0.15, 0.2) is 55.4 Å². The van der Waals surface area contributed by atoms with Gasteiger partial charge in [-0.1, -0.05) is 101 Å². The average Bonchev–Trinajstić information content (AvgIpc) is 3.08. The summed E-state index contributed by atoms with van der Waals surface area (Å²) in [6.45, 7) is 13.9. The summed E-state index contributed by atoms with van der Waals surface area (Å²) in [6.07, 6.45) is 23.2. The van der Waals surface area contributed by atoms with Gasteiger partial charge in [-0.2, -0.15) is 26.3 Å². The van der Waals surface area contributed by atoms with Crippen LogP contribution in [0.4, 0.5) is 31.1 Å². The molecule has 1 N–H and O–H groups in total. The van der Waals surface area contributed by atoms with Crippen LogP contribution in [-0.4, -0.2) is 40.6 Å². The maximum absolute atomic E-state index is 12.3. The van der Waals surface area contributed by atoms with Gasteiger partial charge in [-0.3, -0.25) is 0 Å². The lowest BCUT2D eigenvalue weighted by Crippen LogP contribution is -2.41. The summed E-state index contributed by atoms with van der Waals surface area (Å²) < 4.78 is 117. The SMILES string of the molecule is C=C(C)c1cccc(C(C)(C)NC(=O)OCCCCCCCCCC[n+]2ccc(CCCCCCCC)cc2)c1.O=S(=O)([N-]S(=O)(=O)C(F)(F)F)C(F)(F)F. The zero-order chi connectivity index (χ0) is 41.8. The molecule has 0 spiro atoms. The number of hydrogen-bond donors (Lipinski definition) is 1. The van der Waals surface area contributed by atoms with Gasteiger partial charge in [0.25, 0.3) is 0 Å². The summed E-state index contributed by atoms with van der Waals surface area (Å²) in [5.74, 6) is 0. The van der Waals surface area contributed by atoms with Gasteiger partial charge in [0.15, 0.2) is 32.4 Å². The van der Waals surface area contributed by atoms with E-state index in [1.165, 1.54) is 89.0 Å². The summed E-state index contributed by atoms with van der Waals surface area (Å²) in [4.78, 5) is 12.3. The Morgan fingerprint density at radius 1 is 0.764 bits per heavy atom. The molecule has 1 amide bonds. The minimum atomic E-state index is -6.72. The average molecular weight is 830 g/mol. The molecule has 1 heterocycles. The molecule has 0 fully saturated rings. The summed E-state index contributed by atoms with van der Waals surface area (Å²) in [7, 11) is -13.4. The number of carbonyl (C=O) groups is 1. The van der Waals surface area contributed by atoms with E-state index in [1.807, 2.05) is 39.0 Å². The number of aromatic nitrogens is 1. The Balaban J connectivity index is 0.000000848. The van der Waals surface area contributed by atoms with E-state index in [0.29, 0.717) is 6.61 Å². The molecule has 2 rings (SSSR count). The standard InChI is InChI=1S/C36H56N2O2.C2F6NO4S2/c1-6-7-8-9-14-17-21-32-24-27-38(28-25-32)26-18-15-12-10-11-13-16-19-29-40-35(39)37-36(4,5)34-23-20-22-33(30-34)31(2)3;3-1(4,5)14(10,11)9-15(12,13)2(6,7)8/h20,22-25,27-28,30H,2,6-19,21,26,29H2,1,3-5H3;/q;-1/p+1. The highest BCUT2D eigenvalue weighted by Crippen LogP contribution is 2.36. The number of sulfonamides is 2. The second-order valence-corrected chi connectivity index (χ2v) is 17.4. The van der Waals surface area contributed by atoms with Crippen LogP contribution < -0.4 is 9.88 Å². The van der Waals surface area contributed by atoms with Crippen LogP contribution in [0.25, 0.3) is 9.70 Å². The second-order valence-electron chi connectivity index (χ2n) is 14.0. The zero-order valence-corrected chi connectivity index (χ0v) is 33.9. The predicted octanol–water partition coefficient (Wildman–Crippen LogP) is 10.8. The highest BCUT2D eigenvalue weighted by Gasteiger charge is 2.47. The third kappa shape index (κ3) is 20.0. The van der Waals surface area contributed by atoms with E-state index in [9.17, 15) is 48.0 Å². The zero-order valence-electron chi connectivity index (χ0n) is 32.3. The molecule has 0 unspecified atom stereocenters. The fourth-order valence-electron chi connectivity index (χ4n) is 5.29. The molecule has 2 aromatic rings. The quantitative estimate of drug-likeness (QED) is 0.0675. The Hall–Kier alpha value is -3.18. The number of hydrogen-bond acceptors (Lipinski definition) is 6. The van der Waals surface area contributed by atoms with Crippen LogP contribution in [0.5, 0.6) is 0 Å². The number of carbonyl (C=O) groups excluding carboxylic acids is 1. The van der Waals surface area contributed by atoms with E-state index < -0.39 is 36.6 Å². The van der Waals surface area contributed by atoms with Crippen molar-refractivity contribution in [3.8, 4) is 0 Å². The van der Waals surface area contributed by atoms with Crippen molar-refractivity contribution < 1.29 is 57.3 Å². The van der Waals surface area contributed by atoms with E-state index in [2.05, 4.69) is 54.0 Å². The van der Waals surface area contributed by atoms with Crippen LogP contribution in [0.3, 0.4) is 0 Å². The monoisotopic (exact) mass is 829 g/mol. The van der Waals surface area contributed by atoms with Crippen molar-refractivity contribution >= 4 is 31.7 Å². The van der Waals surface area contributed by atoms with Crippen molar-refractivity contribution in [3.05, 3.63) is 76.2 Å². The summed E-state index contributed by atoms with van der Waals surface area (Å²) >= 11 is 0. The van der Waals surface area contributed by atoms with Crippen LogP contribution in [0.2, 0.25) is 0 Å². The van der Waals surface area contributed by atoms with E-state index in [0.717, 1.165) is 40.2 Å². The number of nitrogens with zero attached hydrogens (tertiary/aromatic N) is 2. The Labute approximate surface area is 323 Å². The molecular formula is C38H57F6N3O6S2. The number of alkyl carbamates (subject to hydrolysis) is 1. The van der Waals surface area contributed by atoms with Crippen molar-refractivity contribution in [1.82, 2.24) is 5.32 Å². The van der Waals surface area contributed by atoms with Gasteiger partial charge in [-0.05, 0) is 69.2 Å². The lowest BCUT2D eigenvalue weighted by Gasteiger charge is -2.27. The number of halogens is 6. The van der Waals surface area contributed by atoms with Crippen molar-refractivity contribution in [2.75, 3.05) is 6.61 Å². The lowest BCUT2D eigenvalue weighted by atomic mass is 9.92. The first kappa shape index (κ1) is 49.8. The molecule has 0 bridgehead atoms. The van der Waals surface area contributed by atoms with Gasteiger partial charge >= 0.3 is 17.1 Å². The highest BCUT2D eigenvalue weighted by molar-refractivity contribution is 8.13. The molecule has 0 saturated heterocycles. The molecule has 1 aromatic carbocycles. The molecule has 0 aliphatic rings. The smallest absolute Gasteiger partial charge is 0.450 e. The van der Waals surface area contributed by atoms with Crippen LogP contribution in [-0.2, 0) is 43.3 Å². The molecule has 1 aromatic heterocycles. The van der Waals surface area contributed by atoms with Gasteiger partial charge in [-0.15, -0.1) is 0 Å². The number of unbranched alkanes of at least 4 members (excludes halogenated alkanes) is 12. The molecule has 0 aliphatic heterocycles. The molecule has 0 aliphatic carbocycles. The number of nitrogens with one attached hydrogen (secondary N) is 1.